The summed E-state index contributed by atoms with van der Waals surface area (Å²) in [5.74, 6) is 2.42. The lowest BCUT2D eigenvalue weighted by Gasteiger charge is -2.52. The van der Waals surface area contributed by atoms with Crippen molar-refractivity contribution in [2.24, 2.45) is 23.2 Å². The molecular weight excluding hydrogens is 580 g/mol. The number of phenolic OH excluding ortho intramolecular Hbond substituents is 1. The topological polar surface area (TPSA) is 71.5 Å². The van der Waals surface area contributed by atoms with Crippen LogP contribution in [0.4, 0.5) is 5.13 Å². The number of hydrogen-bond acceptors (Lipinski definition) is 5. The normalized spacial score (nSPS) is 32.1. The fourth-order valence-corrected chi connectivity index (χ4v) is 9.48. The molecule has 1 aromatic carbocycles. The Hall–Kier alpha value is -0.960. The first-order valence-corrected chi connectivity index (χ1v) is 14.6. The molecule has 6 unspecified atom stereocenters. The van der Waals surface area contributed by atoms with Gasteiger partial charge in [0.15, 0.2) is 5.13 Å². The summed E-state index contributed by atoms with van der Waals surface area (Å²) in [4.78, 5) is 18.1. The fraction of sp³-hybridized carbons (Fsp3) is 0.615. The number of hydrogen-bond donors (Lipinski definition) is 2. The molecule has 2 aromatic rings. The highest BCUT2D eigenvalue weighted by Gasteiger charge is 2.59. The Morgan fingerprint density at radius 3 is 2.88 bits per heavy atom. The highest BCUT2D eigenvalue weighted by molar-refractivity contribution is 9.11. The molecule has 1 amide bonds. The lowest BCUT2D eigenvalue weighted by Crippen LogP contribution is -2.46. The van der Waals surface area contributed by atoms with Gasteiger partial charge in [0.25, 0.3) is 0 Å². The van der Waals surface area contributed by atoms with Gasteiger partial charge in [-0.05, 0) is 124 Å². The van der Waals surface area contributed by atoms with Crippen LogP contribution in [0.15, 0.2) is 21.2 Å². The zero-order chi connectivity index (χ0) is 24.2. The van der Waals surface area contributed by atoms with Gasteiger partial charge in [-0.3, -0.25) is 4.79 Å². The zero-order valence-electron chi connectivity index (χ0n) is 19.9. The lowest BCUT2D eigenvalue weighted by molar-refractivity contribution is -0.116. The summed E-state index contributed by atoms with van der Waals surface area (Å²) < 4.78 is 7.67. The number of fused-ring (bicyclic) bond motifs is 5. The van der Waals surface area contributed by atoms with Crippen LogP contribution in [0.2, 0.25) is 0 Å². The van der Waals surface area contributed by atoms with E-state index in [0.717, 1.165) is 52.3 Å². The average Bonchev–Trinajstić information content (AvgIpc) is 3.35. The monoisotopic (exact) mass is 610 g/mol. The van der Waals surface area contributed by atoms with Crippen molar-refractivity contribution in [3.8, 4) is 5.75 Å². The van der Waals surface area contributed by atoms with Crippen LogP contribution < -0.4 is 5.32 Å². The van der Waals surface area contributed by atoms with Crippen molar-refractivity contribution >= 4 is 54.2 Å². The Morgan fingerprint density at radius 1 is 1.38 bits per heavy atom. The van der Waals surface area contributed by atoms with E-state index in [2.05, 4.69) is 55.2 Å². The SMILES string of the molecule is COC1CC(CCC(=O)Nc2ncc(C)s2)C2C3CCc4c(cc(Br)c(O)c4Br)C3CCC12C. The van der Waals surface area contributed by atoms with Gasteiger partial charge in [0.2, 0.25) is 5.91 Å². The molecule has 8 heteroatoms. The number of thiazole rings is 1. The number of benzene rings is 1. The Labute approximate surface area is 222 Å². The number of carbonyl (C=O) groups is 1. The molecule has 2 N–H and O–H groups in total. The number of ether oxygens (including phenoxy) is 1. The van der Waals surface area contributed by atoms with Crippen LogP contribution in [0.25, 0.3) is 0 Å². The molecular formula is C26H32Br2N2O3S. The molecule has 3 aliphatic carbocycles. The van der Waals surface area contributed by atoms with Gasteiger partial charge in [-0.2, -0.15) is 0 Å². The summed E-state index contributed by atoms with van der Waals surface area (Å²) in [6, 6.07) is 2.15. The number of aromatic hydroxyl groups is 1. The molecule has 34 heavy (non-hydrogen) atoms. The number of methoxy groups -OCH3 is 1. The van der Waals surface area contributed by atoms with Crippen LogP contribution in [0.5, 0.6) is 5.75 Å². The number of phenols is 1. The Bertz CT molecular complexity index is 1110. The van der Waals surface area contributed by atoms with Gasteiger partial charge in [-0.15, -0.1) is 11.3 Å². The van der Waals surface area contributed by atoms with Gasteiger partial charge in [0, 0.05) is 24.6 Å². The molecule has 0 spiro atoms. The minimum Gasteiger partial charge on any atom is -0.506 e. The van der Waals surface area contributed by atoms with E-state index >= 15 is 0 Å². The van der Waals surface area contributed by atoms with E-state index in [1.807, 2.05) is 14.0 Å². The van der Waals surface area contributed by atoms with Crippen molar-refractivity contribution in [1.29, 1.82) is 0 Å². The number of rotatable bonds is 5. The van der Waals surface area contributed by atoms with Crippen molar-refractivity contribution < 1.29 is 14.6 Å². The highest BCUT2D eigenvalue weighted by atomic mass is 79.9. The Kier molecular flexibility index (Phi) is 6.90. The summed E-state index contributed by atoms with van der Waals surface area (Å²) in [6.45, 7) is 4.43. The van der Waals surface area contributed by atoms with E-state index in [9.17, 15) is 9.90 Å². The van der Waals surface area contributed by atoms with Gasteiger partial charge >= 0.3 is 0 Å². The molecule has 0 radical (unpaired) electrons. The van der Waals surface area contributed by atoms with E-state index in [0.29, 0.717) is 41.0 Å². The molecule has 1 aromatic heterocycles. The van der Waals surface area contributed by atoms with Crippen molar-refractivity contribution in [3.05, 3.63) is 37.2 Å². The maximum Gasteiger partial charge on any atom is 0.226 e. The molecule has 0 aliphatic heterocycles. The maximum absolute atomic E-state index is 12.7. The number of nitrogens with one attached hydrogen (secondary N) is 1. The third-order valence-electron chi connectivity index (χ3n) is 8.85. The van der Waals surface area contributed by atoms with E-state index in [4.69, 9.17) is 4.74 Å². The minimum absolute atomic E-state index is 0.0570. The minimum atomic E-state index is 0.0570. The van der Waals surface area contributed by atoms with E-state index in [-0.39, 0.29) is 17.4 Å². The van der Waals surface area contributed by atoms with Crippen LogP contribution in [-0.4, -0.2) is 29.2 Å². The number of anilines is 1. The lowest BCUT2D eigenvalue weighted by atomic mass is 9.53. The first-order valence-electron chi connectivity index (χ1n) is 12.2. The summed E-state index contributed by atoms with van der Waals surface area (Å²) >= 11 is 8.73. The molecule has 1 heterocycles. The van der Waals surface area contributed by atoms with Gasteiger partial charge < -0.3 is 15.2 Å². The van der Waals surface area contributed by atoms with E-state index < -0.39 is 0 Å². The largest absolute Gasteiger partial charge is 0.506 e. The molecule has 0 bridgehead atoms. The second-order valence-corrected chi connectivity index (χ2v) is 13.4. The molecule has 2 fully saturated rings. The van der Waals surface area contributed by atoms with Crippen LogP contribution in [0.1, 0.15) is 67.4 Å². The zero-order valence-corrected chi connectivity index (χ0v) is 23.9. The number of carbonyl (C=O) groups excluding carboxylic acids is 1. The summed E-state index contributed by atoms with van der Waals surface area (Å²) in [6.07, 6.45) is 8.84. The van der Waals surface area contributed by atoms with E-state index in [1.54, 1.807) is 6.20 Å². The molecule has 5 nitrogen and oxygen atoms in total. The first kappa shape index (κ1) is 24.7. The number of halogens is 2. The van der Waals surface area contributed by atoms with Crippen molar-refractivity contribution in [3.63, 3.8) is 0 Å². The smallest absolute Gasteiger partial charge is 0.226 e. The van der Waals surface area contributed by atoms with Crippen molar-refractivity contribution in [1.82, 2.24) is 4.98 Å². The van der Waals surface area contributed by atoms with Crippen LogP contribution >= 0.6 is 43.2 Å². The Balaban J connectivity index is 1.38. The predicted octanol–water partition coefficient (Wildman–Crippen LogP) is 7.20. The third kappa shape index (κ3) is 4.16. The molecule has 5 rings (SSSR count). The molecule has 2 saturated carbocycles. The van der Waals surface area contributed by atoms with E-state index in [1.165, 1.54) is 22.5 Å². The third-order valence-corrected chi connectivity index (χ3v) is 11.1. The quantitative estimate of drug-likeness (QED) is 0.375. The van der Waals surface area contributed by atoms with Crippen molar-refractivity contribution in [2.45, 2.75) is 70.8 Å². The van der Waals surface area contributed by atoms with Gasteiger partial charge in [0.1, 0.15) is 5.75 Å². The molecule has 0 saturated heterocycles. The Morgan fingerprint density at radius 2 is 2.18 bits per heavy atom. The molecule has 3 aliphatic rings. The number of aryl methyl sites for hydroxylation is 1. The van der Waals surface area contributed by atoms with Gasteiger partial charge in [0.05, 0.1) is 15.0 Å². The average molecular weight is 612 g/mol. The number of aromatic nitrogens is 1. The van der Waals surface area contributed by atoms with Gasteiger partial charge in [-0.1, -0.05) is 6.92 Å². The predicted molar refractivity (Wildman–Crippen MR) is 143 cm³/mol. The molecule has 184 valence electrons. The fourth-order valence-electron chi connectivity index (χ4n) is 7.44. The summed E-state index contributed by atoms with van der Waals surface area (Å²) in [5, 5.41) is 14.1. The van der Waals surface area contributed by atoms with Crippen LogP contribution in [-0.2, 0) is 16.0 Å². The summed E-state index contributed by atoms with van der Waals surface area (Å²) in [5.41, 5.74) is 2.79. The second-order valence-electron chi connectivity index (χ2n) is 10.6. The second kappa shape index (κ2) is 9.49. The van der Waals surface area contributed by atoms with Gasteiger partial charge in [-0.25, -0.2) is 4.98 Å². The van der Waals surface area contributed by atoms with Crippen LogP contribution in [0.3, 0.4) is 0 Å². The van der Waals surface area contributed by atoms with Crippen molar-refractivity contribution in [2.75, 3.05) is 12.4 Å². The summed E-state index contributed by atoms with van der Waals surface area (Å²) in [7, 11) is 1.85. The maximum atomic E-state index is 12.7. The number of nitrogens with zero attached hydrogens (tertiary/aromatic N) is 1. The molecule has 6 atom stereocenters. The van der Waals surface area contributed by atoms with Crippen LogP contribution in [0, 0.1) is 30.1 Å². The standard InChI is InChI=1S/C26H32Br2N2O3S/c1-13-12-29-25(34-13)30-21(31)7-4-14-10-20(33-3)26(2)9-8-15-16(22(14)26)5-6-17-18(15)11-19(27)24(32)23(17)28/h11-12,14-16,20,22,32H,4-10H2,1-3H3,(H,29,30,31). The first-order chi connectivity index (χ1) is 16.2. The highest BCUT2D eigenvalue weighted by Crippen LogP contribution is 2.64. The number of amides is 1.